The second-order valence-electron chi connectivity index (χ2n) is 5.91. The van der Waals surface area contributed by atoms with Crippen LogP contribution in [0.5, 0.6) is 0 Å². The third kappa shape index (κ3) is 5.62. The predicted molar refractivity (Wildman–Crippen MR) is 91.9 cm³/mol. The molecule has 0 spiro atoms. The maximum absolute atomic E-state index is 11.9. The van der Waals surface area contributed by atoms with Gasteiger partial charge < -0.3 is 10.2 Å². The predicted octanol–water partition coefficient (Wildman–Crippen LogP) is 3.43. The summed E-state index contributed by atoms with van der Waals surface area (Å²) in [6.07, 6.45) is 6.59. The number of thioether (sulfide) groups is 1. The third-order valence-electron chi connectivity index (χ3n) is 3.94. The average molecular weight is 306 g/mol. The fraction of sp³-hybridized carbons (Fsp3) is 0.588. The smallest absolute Gasteiger partial charge is 0.230 e. The highest BCUT2D eigenvalue weighted by Crippen LogP contribution is 2.27. The fourth-order valence-electron chi connectivity index (χ4n) is 2.59. The van der Waals surface area contributed by atoms with Crippen molar-refractivity contribution in [2.75, 3.05) is 24.7 Å². The van der Waals surface area contributed by atoms with Gasteiger partial charge in [-0.3, -0.25) is 4.79 Å². The van der Waals surface area contributed by atoms with Crippen molar-refractivity contribution in [1.82, 2.24) is 5.32 Å². The number of hydrogen-bond donors (Lipinski definition) is 1. The molecule has 0 aliphatic heterocycles. The summed E-state index contributed by atoms with van der Waals surface area (Å²) in [6.45, 7) is 0.623. The highest BCUT2D eigenvalue weighted by molar-refractivity contribution is 8.00. The zero-order valence-corrected chi connectivity index (χ0v) is 13.9. The Morgan fingerprint density at radius 3 is 2.48 bits per heavy atom. The molecule has 1 aliphatic carbocycles. The molecule has 0 unspecified atom stereocenters. The Labute approximate surface area is 132 Å². The molecule has 1 amide bonds. The molecule has 3 nitrogen and oxygen atoms in total. The van der Waals surface area contributed by atoms with Crippen LogP contribution in [0.4, 0.5) is 5.69 Å². The number of carbonyl (C=O) groups excluding carboxylic acids is 1. The van der Waals surface area contributed by atoms with Crippen molar-refractivity contribution in [1.29, 1.82) is 0 Å². The van der Waals surface area contributed by atoms with Gasteiger partial charge in [0.05, 0.1) is 5.75 Å². The number of benzene rings is 1. The standard InChI is InChI=1S/C17H26N2OS/c1-19(2)15-10-8-14(9-11-15)12-18-17(20)13-21-16-6-4-3-5-7-16/h8-11,16H,3-7,12-13H2,1-2H3,(H,18,20). The number of nitrogens with zero attached hydrogens (tertiary/aromatic N) is 1. The Bertz CT molecular complexity index is 439. The Hall–Kier alpha value is -1.16. The SMILES string of the molecule is CN(C)c1ccc(CNC(=O)CSC2CCCCC2)cc1. The van der Waals surface area contributed by atoms with E-state index in [-0.39, 0.29) is 5.91 Å². The number of carbonyl (C=O) groups is 1. The van der Waals surface area contributed by atoms with Gasteiger partial charge in [-0.25, -0.2) is 0 Å². The first kappa shape index (κ1) is 16.2. The number of nitrogens with one attached hydrogen (secondary N) is 1. The van der Waals surface area contributed by atoms with Crippen molar-refractivity contribution < 1.29 is 4.79 Å². The van der Waals surface area contributed by atoms with Gasteiger partial charge in [-0.1, -0.05) is 31.4 Å². The molecular formula is C17H26N2OS. The minimum Gasteiger partial charge on any atom is -0.378 e. The molecule has 0 bridgehead atoms. The van der Waals surface area contributed by atoms with E-state index in [0.29, 0.717) is 17.5 Å². The minimum atomic E-state index is 0.155. The van der Waals surface area contributed by atoms with Crippen molar-refractivity contribution in [2.24, 2.45) is 0 Å². The van der Waals surface area contributed by atoms with Crippen LogP contribution < -0.4 is 10.2 Å². The largest absolute Gasteiger partial charge is 0.378 e. The van der Waals surface area contributed by atoms with E-state index in [1.54, 1.807) is 0 Å². The maximum atomic E-state index is 11.9. The van der Waals surface area contributed by atoms with Crippen LogP contribution in [0.25, 0.3) is 0 Å². The van der Waals surface area contributed by atoms with Crippen molar-refractivity contribution in [2.45, 2.75) is 43.9 Å². The molecule has 0 radical (unpaired) electrons. The molecule has 116 valence electrons. The molecular weight excluding hydrogens is 280 g/mol. The molecule has 1 saturated carbocycles. The van der Waals surface area contributed by atoms with E-state index in [1.807, 2.05) is 25.9 Å². The van der Waals surface area contributed by atoms with Gasteiger partial charge in [0.2, 0.25) is 5.91 Å². The number of hydrogen-bond acceptors (Lipinski definition) is 3. The molecule has 0 saturated heterocycles. The Morgan fingerprint density at radius 1 is 1.19 bits per heavy atom. The van der Waals surface area contributed by atoms with Gasteiger partial charge in [-0.2, -0.15) is 0 Å². The Morgan fingerprint density at radius 2 is 1.86 bits per heavy atom. The second kappa shape index (κ2) is 8.32. The number of amides is 1. The van der Waals surface area contributed by atoms with Crippen LogP contribution >= 0.6 is 11.8 Å². The van der Waals surface area contributed by atoms with Crippen LogP contribution in [0, 0.1) is 0 Å². The first-order valence-corrected chi connectivity index (χ1v) is 8.84. The van der Waals surface area contributed by atoms with E-state index >= 15 is 0 Å². The van der Waals surface area contributed by atoms with Crippen molar-refractivity contribution in [3.8, 4) is 0 Å². The summed E-state index contributed by atoms with van der Waals surface area (Å²) >= 11 is 1.83. The zero-order valence-electron chi connectivity index (χ0n) is 13.1. The first-order valence-electron chi connectivity index (χ1n) is 7.80. The Balaban J connectivity index is 1.68. The summed E-state index contributed by atoms with van der Waals surface area (Å²) in [5.74, 6) is 0.753. The van der Waals surface area contributed by atoms with Crippen molar-refractivity contribution in [3.63, 3.8) is 0 Å². The van der Waals surface area contributed by atoms with Gasteiger partial charge in [-0.05, 0) is 30.5 Å². The Kier molecular flexibility index (Phi) is 6.43. The quantitative estimate of drug-likeness (QED) is 0.874. The summed E-state index contributed by atoms with van der Waals surface area (Å²) in [6, 6.07) is 8.31. The molecule has 0 aromatic heterocycles. The lowest BCUT2D eigenvalue weighted by Crippen LogP contribution is -2.26. The zero-order chi connectivity index (χ0) is 15.1. The minimum absolute atomic E-state index is 0.155. The lowest BCUT2D eigenvalue weighted by Gasteiger charge is -2.20. The van der Waals surface area contributed by atoms with Crippen LogP contribution in [-0.2, 0) is 11.3 Å². The van der Waals surface area contributed by atoms with Gasteiger partial charge in [-0.15, -0.1) is 11.8 Å². The molecule has 1 aromatic carbocycles. The average Bonchev–Trinajstić information content (AvgIpc) is 2.52. The first-order chi connectivity index (χ1) is 10.1. The van der Waals surface area contributed by atoms with Crippen LogP contribution in [0.3, 0.4) is 0 Å². The van der Waals surface area contributed by atoms with E-state index in [1.165, 1.54) is 37.8 Å². The maximum Gasteiger partial charge on any atom is 0.230 e. The summed E-state index contributed by atoms with van der Waals surface area (Å²) in [4.78, 5) is 14.0. The van der Waals surface area contributed by atoms with Crippen LogP contribution in [0.15, 0.2) is 24.3 Å². The molecule has 1 fully saturated rings. The van der Waals surface area contributed by atoms with Gasteiger partial charge in [0, 0.05) is 31.6 Å². The molecule has 2 rings (SSSR count). The van der Waals surface area contributed by atoms with Gasteiger partial charge in [0.15, 0.2) is 0 Å². The lowest BCUT2D eigenvalue weighted by molar-refractivity contribution is -0.118. The van der Waals surface area contributed by atoms with Crippen molar-refractivity contribution in [3.05, 3.63) is 29.8 Å². The van der Waals surface area contributed by atoms with Crippen LogP contribution in [0.2, 0.25) is 0 Å². The lowest BCUT2D eigenvalue weighted by atomic mass is 10.0. The van der Waals surface area contributed by atoms with Gasteiger partial charge in [0.1, 0.15) is 0 Å². The highest BCUT2D eigenvalue weighted by Gasteiger charge is 2.15. The summed E-state index contributed by atoms with van der Waals surface area (Å²) in [7, 11) is 4.05. The topological polar surface area (TPSA) is 32.3 Å². The van der Waals surface area contributed by atoms with E-state index in [2.05, 4.69) is 34.5 Å². The second-order valence-corrected chi connectivity index (χ2v) is 7.20. The summed E-state index contributed by atoms with van der Waals surface area (Å²) in [5, 5.41) is 3.71. The van der Waals surface area contributed by atoms with Crippen LogP contribution in [-0.4, -0.2) is 31.0 Å². The highest BCUT2D eigenvalue weighted by atomic mass is 32.2. The molecule has 0 atom stereocenters. The van der Waals surface area contributed by atoms with Gasteiger partial charge in [0.25, 0.3) is 0 Å². The van der Waals surface area contributed by atoms with Crippen LogP contribution in [0.1, 0.15) is 37.7 Å². The van der Waals surface area contributed by atoms with Crippen molar-refractivity contribution >= 4 is 23.4 Å². The number of rotatable bonds is 6. The van der Waals surface area contributed by atoms with E-state index in [9.17, 15) is 4.79 Å². The molecule has 0 heterocycles. The van der Waals surface area contributed by atoms with E-state index in [4.69, 9.17) is 0 Å². The monoisotopic (exact) mass is 306 g/mol. The molecule has 4 heteroatoms. The van der Waals surface area contributed by atoms with Gasteiger partial charge >= 0.3 is 0 Å². The third-order valence-corrected chi connectivity index (χ3v) is 5.32. The van der Waals surface area contributed by atoms with E-state index in [0.717, 1.165) is 5.56 Å². The molecule has 1 aliphatic rings. The normalized spacial score (nSPS) is 15.7. The van der Waals surface area contributed by atoms with E-state index < -0.39 is 0 Å². The molecule has 1 N–H and O–H groups in total. The number of anilines is 1. The molecule has 1 aromatic rings. The summed E-state index contributed by atoms with van der Waals surface area (Å²) in [5.41, 5.74) is 2.33. The fourth-order valence-corrected chi connectivity index (χ4v) is 3.74. The summed E-state index contributed by atoms with van der Waals surface area (Å²) < 4.78 is 0. The molecule has 21 heavy (non-hydrogen) atoms.